The number of aromatic amines is 1. The standard InChI is InChI=1S/C7H10N6O/c8-1-2-13-3-10-4-5(13)11-7(9)12-6(4)14/h3H,1-2,8H2,(H3,9,11,12,14). The van der Waals surface area contributed by atoms with Crippen molar-refractivity contribution in [1.29, 1.82) is 0 Å². The van der Waals surface area contributed by atoms with Gasteiger partial charge in [0.05, 0.1) is 6.33 Å². The van der Waals surface area contributed by atoms with E-state index in [9.17, 15) is 4.79 Å². The van der Waals surface area contributed by atoms with E-state index in [1.807, 2.05) is 0 Å². The zero-order valence-electron chi connectivity index (χ0n) is 7.40. The highest BCUT2D eigenvalue weighted by Gasteiger charge is 2.07. The molecule has 0 saturated heterocycles. The maximum atomic E-state index is 11.3. The summed E-state index contributed by atoms with van der Waals surface area (Å²) < 4.78 is 1.70. The number of rotatable bonds is 2. The maximum Gasteiger partial charge on any atom is 0.280 e. The van der Waals surface area contributed by atoms with Crippen molar-refractivity contribution in [3.8, 4) is 0 Å². The van der Waals surface area contributed by atoms with E-state index in [4.69, 9.17) is 11.5 Å². The van der Waals surface area contributed by atoms with Crippen molar-refractivity contribution in [3.63, 3.8) is 0 Å². The molecule has 0 atom stereocenters. The first-order valence-electron chi connectivity index (χ1n) is 4.13. The quantitative estimate of drug-likeness (QED) is 0.547. The first kappa shape index (κ1) is 8.70. The molecule has 14 heavy (non-hydrogen) atoms. The number of nitrogens with zero attached hydrogens (tertiary/aromatic N) is 3. The van der Waals surface area contributed by atoms with Gasteiger partial charge in [0.1, 0.15) is 0 Å². The molecule has 0 aromatic carbocycles. The molecule has 0 aliphatic heterocycles. The first-order chi connectivity index (χ1) is 6.72. The summed E-state index contributed by atoms with van der Waals surface area (Å²) in [5.41, 5.74) is 11.2. The predicted molar refractivity (Wildman–Crippen MR) is 51.6 cm³/mol. The minimum absolute atomic E-state index is 0.0845. The number of imidazole rings is 1. The van der Waals surface area contributed by atoms with Crippen LogP contribution < -0.4 is 17.0 Å². The normalized spacial score (nSPS) is 10.9. The van der Waals surface area contributed by atoms with Crippen LogP contribution in [0.2, 0.25) is 0 Å². The second-order valence-corrected chi connectivity index (χ2v) is 2.85. The lowest BCUT2D eigenvalue weighted by Gasteiger charge is -1.99. The number of nitrogens with two attached hydrogens (primary N) is 2. The minimum Gasteiger partial charge on any atom is -0.369 e. The molecule has 2 rings (SSSR count). The lowest BCUT2D eigenvalue weighted by atomic mass is 10.5. The number of aromatic nitrogens is 4. The number of nitrogen functional groups attached to an aromatic ring is 1. The fraction of sp³-hybridized carbons (Fsp3) is 0.286. The highest BCUT2D eigenvalue weighted by molar-refractivity contribution is 5.70. The average molecular weight is 194 g/mol. The van der Waals surface area contributed by atoms with Crippen molar-refractivity contribution in [1.82, 2.24) is 19.5 Å². The summed E-state index contributed by atoms with van der Waals surface area (Å²) in [6.07, 6.45) is 1.53. The summed E-state index contributed by atoms with van der Waals surface area (Å²) in [4.78, 5) is 21.6. The van der Waals surface area contributed by atoms with Crippen LogP contribution in [0, 0.1) is 0 Å². The number of hydrogen-bond donors (Lipinski definition) is 3. The van der Waals surface area contributed by atoms with E-state index in [0.29, 0.717) is 18.7 Å². The molecular weight excluding hydrogens is 184 g/mol. The summed E-state index contributed by atoms with van der Waals surface area (Å²) in [5, 5.41) is 0. The number of hydrogen-bond acceptors (Lipinski definition) is 5. The Morgan fingerprint density at radius 3 is 3.07 bits per heavy atom. The smallest absolute Gasteiger partial charge is 0.280 e. The van der Waals surface area contributed by atoms with Crippen LogP contribution >= 0.6 is 0 Å². The molecule has 0 aliphatic carbocycles. The molecule has 7 heteroatoms. The molecule has 74 valence electrons. The Morgan fingerprint density at radius 1 is 1.57 bits per heavy atom. The summed E-state index contributed by atoms with van der Waals surface area (Å²) in [6, 6.07) is 0. The minimum atomic E-state index is -0.330. The van der Waals surface area contributed by atoms with Crippen molar-refractivity contribution < 1.29 is 0 Å². The molecule has 0 unspecified atom stereocenters. The molecule has 0 fully saturated rings. The maximum absolute atomic E-state index is 11.3. The Kier molecular flexibility index (Phi) is 1.93. The molecular formula is C7H10N6O. The van der Waals surface area contributed by atoms with Gasteiger partial charge in [-0.05, 0) is 0 Å². The van der Waals surface area contributed by atoms with Crippen molar-refractivity contribution >= 4 is 17.1 Å². The monoisotopic (exact) mass is 194 g/mol. The van der Waals surface area contributed by atoms with Gasteiger partial charge < -0.3 is 16.0 Å². The van der Waals surface area contributed by atoms with Gasteiger partial charge in [0, 0.05) is 13.1 Å². The average Bonchev–Trinajstić information content (AvgIpc) is 2.49. The highest BCUT2D eigenvalue weighted by atomic mass is 16.1. The molecule has 7 nitrogen and oxygen atoms in total. The van der Waals surface area contributed by atoms with Gasteiger partial charge >= 0.3 is 0 Å². The van der Waals surface area contributed by atoms with Gasteiger partial charge in [-0.2, -0.15) is 4.98 Å². The third-order valence-corrected chi connectivity index (χ3v) is 1.86. The molecule has 5 N–H and O–H groups in total. The zero-order chi connectivity index (χ0) is 10.1. The van der Waals surface area contributed by atoms with Gasteiger partial charge in [-0.3, -0.25) is 9.78 Å². The lowest BCUT2D eigenvalue weighted by Crippen LogP contribution is -2.14. The summed E-state index contributed by atoms with van der Waals surface area (Å²) >= 11 is 0. The van der Waals surface area contributed by atoms with Crippen molar-refractivity contribution in [2.24, 2.45) is 5.73 Å². The van der Waals surface area contributed by atoms with E-state index < -0.39 is 0 Å². The number of nitrogens with one attached hydrogen (secondary N) is 1. The largest absolute Gasteiger partial charge is 0.369 e. The van der Waals surface area contributed by atoms with Gasteiger partial charge in [-0.25, -0.2) is 4.98 Å². The van der Waals surface area contributed by atoms with Gasteiger partial charge in [-0.1, -0.05) is 0 Å². The van der Waals surface area contributed by atoms with E-state index in [-0.39, 0.29) is 17.0 Å². The fourth-order valence-electron chi connectivity index (χ4n) is 1.27. The van der Waals surface area contributed by atoms with E-state index in [0.717, 1.165) is 0 Å². The topological polar surface area (TPSA) is 116 Å². The molecule has 0 bridgehead atoms. The molecule has 0 spiro atoms. The van der Waals surface area contributed by atoms with Crippen LogP contribution in [0.15, 0.2) is 11.1 Å². The Balaban J connectivity index is 2.72. The predicted octanol–water partition coefficient (Wildman–Crippen LogP) is -1.34. The van der Waals surface area contributed by atoms with Gasteiger partial charge in [-0.15, -0.1) is 0 Å². The third kappa shape index (κ3) is 1.23. The molecule has 2 heterocycles. The van der Waals surface area contributed by atoms with Crippen molar-refractivity contribution in [2.75, 3.05) is 12.3 Å². The SMILES string of the molecule is NCCn1cnc2c(=O)[nH]c(N)nc21. The number of H-pyrrole nitrogens is 1. The summed E-state index contributed by atoms with van der Waals surface area (Å²) in [6.45, 7) is 1.02. The van der Waals surface area contributed by atoms with Crippen molar-refractivity contribution in [2.45, 2.75) is 6.54 Å². The Labute approximate surface area is 78.8 Å². The van der Waals surface area contributed by atoms with Crippen LogP contribution in [0.5, 0.6) is 0 Å². The van der Waals surface area contributed by atoms with Crippen molar-refractivity contribution in [3.05, 3.63) is 16.7 Å². The Hall–Kier alpha value is -1.89. The molecule has 0 aliphatic rings. The highest BCUT2D eigenvalue weighted by Crippen LogP contribution is 2.05. The van der Waals surface area contributed by atoms with Gasteiger partial charge in [0.2, 0.25) is 5.95 Å². The zero-order valence-corrected chi connectivity index (χ0v) is 7.40. The van der Waals surface area contributed by atoms with Crippen LogP contribution in [0.25, 0.3) is 11.2 Å². The summed E-state index contributed by atoms with van der Waals surface area (Å²) in [5.74, 6) is 0.0845. The molecule has 0 radical (unpaired) electrons. The number of anilines is 1. The van der Waals surface area contributed by atoms with Crippen LogP contribution in [-0.2, 0) is 6.54 Å². The molecule has 0 saturated carbocycles. The second kappa shape index (κ2) is 3.11. The lowest BCUT2D eigenvalue weighted by molar-refractivity contribution is 0.721. The summed E-state index contributed by atoms with van der Waals surface area (Å²) in [7, 11) is 0. The Bertz CT molecular complexity index is 512. The van der Waals surface area contributed by atoms with Crippen LogP contribution in [-0.4, -0.2) is 26.1 Å². The number of fused-ring (bicyclic) bond motifs is 1. The van der Waals surface area contributed by atoms with E-state index in [1.165, 1.54) is 6.33 Å². The molecule has 2 aromatic rings. The van der Waals surface area contributed by atoms with Crippen LogP contribution in [0.4, 0.5) is 5.95 Å². The first-order valence-corrected chi connectivity index (χ1v) is 4.13. The van der Waals surface area contributed by atoms with Crippen LogP contribution in [0.1, 0.15) is 0 Å². The third-order valence-electron chi connectivity index (χ3n) is 1.86. The van der Waals surface area contributed by atoms with E-state index >= 15 is 0 Å². The fourth-order valence-corrected chi connectivity index (χ4v) is 1.27. The molecule has 0 amide bonds. The second-order valence-electron chi connectivity index (χ2n) is 2.85. The van der Waals surface area contributed by atoms with E-state index in [1.54, 1.807) is 4.57 Å². The van der Waals surface area contributed by atoms with Crippen LogP contribution in [0.3, 0.4) is 0 Å². The molecule has 2 aromatic heterocycles. The van der Waals surface area contributed by atoms with Gasteiger partial charge in [0.15, 0.2) is 11.2 Å². The Morgan fingerprint density at radius 2 is 2.36 bits per heavy atom. The van der Waals surface area contributed by atoms with E-state index in [2.05, 4.69) is 15.0 Å². The van der Waals surface area contributed by atoms with Gasteiger partial charge in [0.25, 0.3) is 5.56 Å².